The highest BCUT2D eigenvalue weighted by molar-refractivity contribution is 7.99. The van der Waals surface area contributed by atoms with Crippen LogP contribution in [0.15, 0.2) is 88.7 Å². The second kappa shape index (κ2) is 18.8. The number of carbonyl (C=O) groups is 2. The molecule has 5 aromatic rings. The summed E-state index contributed by atoms with van der Waals surface area (Å²) in [6.07, 6.45) is 12.6. The highest BCUT2D eigenvalue weighted by atomic mass is 32.2. The molecular formula is C51H58N2O4S. The summed E-state index contributed by atoms with van der Waals surface area (Å²) in [7, 11) is 0. The quantitative estimate of drug-likeness (QED) is 0.0978. The number of ketones is 2. The van der Waals surface area contributed by atoms with E-state index in [4.69, 9.17) is 14.5 Å². The molecule has 1 fully saturated rings. The second-order valence-electron chi connectivity index (χ2n) is 16.4. The number of carbonyl (C=O) groups excluding carboxylic acids is 2. The van der Waals surface area contributed by atoms with Crippen molar-refractivity contribution in [3.63, 3.8) is 0 Å². The zero-order valence-electron chi connectivity index (χ0n) is 35.1. The third kappa shape index (κ3) is 9.20. The van der Waals surface area contributed by atoms with Gasteiger partial charge in [-0.1, -0.05) is 107 Å². The molecule has 0 aliphatic heterocycles. The Kier molecular flexibility index (Phi) is 13.4. The third-order valence-electron chi connectivity index (χ3n) is 11.9. The number of benzene rings is 4. The normalized spacial score (nSPS) is 16.2. The molecule has 0 amide bonds. The lowest BCUT2D eigenvalue weighted by Gasteiger charge is -2.29. The Hall–Kier alpha value is -4.88. The van der Waals surface area contributed by atoms with Gasteiger partial charge in [-0.15, -0.1) is 0 Å². The van der Waals surface area contributed by atoms with Crippen molar-refractivity contribution < 1.29 is 19.1 Å². The molecule has 1 heterocycles. The maximum Gasteiger partial charge on any atom is 0.196 e. The summed E-state index contributed by atoms with van der Waals surface area (Å²) in [5.74, 6) is 2.98. The summed E-state index contributed by atoms with van der Waals surface area (Å²) in [4.78, 5) is 35.1. The number of anilines is 2. The van der Waals surface area contributed by atoms with Gasteiger partial charge < -0.3 is 14.8 Å². The third-order valence-corrected chi connectivity index (χ3v) is 12.9. The first kappa shape index (κ1) is 41.3. The van der Waals surface area contributed by atoms with Gasteiger partial charge in [-0.3, -0.25) is 9.59 Å². The van der Waals surface area contributed by atoms with Crippen LogP contribution < -0.4 is 14.8 Å². The predicted molar refractivity (Wildman–Crippen MR) is 238 cm³/mol. The van der Waals surface area contributed by atoms with Gasteiger partial charge in [0, 0.05) is 37.7 Å². The zero-order chi connectivity index (χ0) is 40.8. The molecule has 302 valence electrons. The van der Waals surface area contributed by atoms with Crippen LogP contribution in [0.5, 0.6) is 11.5 Å². The van der Waals surface area contributed by atoms with E-state index in [9.17, 15) is 9.59 Å². The summed E-state index contributed by atoms with van der Waals surface area (Å²) in [5.41, 5.74) is 9.10. The molecule has 7 rings (SSSR count). The summed E-state index contributed by atoms with van der Waals surface area (Å²) >= 11 is 1.49. The first-order chi connectivity index (χ1) is 28.1. The minimum absolute atomic E-state index is 0.143. The lowest BCUT2D eigenvalue weighted by atomic mass is 9.80. The van der Waals surface area contributed by atoms with Gasteiger partial charge in [0.25, 0.3) is 0 Å². The monoisotopic (exact) mass is 794 g/mol. The van der Waals surface area contributed by atoms with Crippen molar-refractivity contribution in [1.29, 1.82) is 0 Å². The molecule has 4 aromatic carbocycles. The smallest absolute Gasteiger partial charge is 0.196 e. The Bertz CT molecular complexity index is 2230. The van der Waals surface area contributed by atoms with E-state index in [1.807, 2.05) is 31.2 Å². The number of fused-ring (bicyclic) bond motifs is 2. The molecule has 6 nitrogen and oxygen atoms in total. The first-order valence-corrected chi connectivity index (χ1v) is 22.2. The summed E-state index contributed by atoms with van der Waals surface area (Å²) in [5, 5.41) is 3.54. The van der Waals surface area contributed by atoms with Crippen molar-refractivity contribution in [2.45, 2.75) is 116 Å². The minimum Gasteiger partial charge on any atom is -0.493 e. The Balaban J connectivity index is 1.10. The van der Waals surface area contributed by atoms with E-state index in [1.165, 1.54) is 63.1 Å². The van der Waals surface area contributed by atoms with Crippen LogP contribution in [-0.4, -0.2) is 29.8 Å². The van der Waals surface area contributed by atoms with Crippen LogP contribution >= 0.6 is 11.8 Å². The van der Waals surface area contributed by atoms with Crippen molar-refractivity contribution in [3.05, 3.63) is 124 Å². The molecule has 0 spiro atoms. The molecule has 1 aromatic heterocycles. The van der Waals surface area contributed by atoms with E-state index in [2.05, 4.69) is 82.4 Å². The molecule has 0 atom stereocenters. The molecule has 0 saturated heterocycles. The average molecular weight is 795 g/mol. The predicted octanol–water partition coefficient (Wildman–Crippen LogP) is 13.6. The lowest BCUT2D eigenvalue weighted by Crippen LogP contribution is -2.23. The molecule has 0 bridgehead atoms. The highest BCUT2D eigenvalue weighted by Crippen LogP contribution is 2.42. The van der Waals surface area contributed by atoms with Crippen LogP contribution in [0.2, 0.25) is 0 Å². The number of hydrogen-bond donors (Lipinski definition) is 1. The van der Waals surface area contributed by atoms with E-state index < -0.39 is 0 Å². The lowest BCUT2D eigenvalue weighted by molar-refractivity contribution is 0.0977. The Morgan fingerprint density at radius 1 is 0.690 bits per heavy atom. The number of pyridine rings is 1. The molecule has 2 aliphatic rings. The van der Waals surface area contributed by atoms with Gasteiger partial charge >= 0.3 is 0 Å². The molecule has 0 radical (unpaired) electrons. The van der Waals surface area contributed by atoms with Gasteiger partial charge in [-0.2, -0.15) is 0 Å². The van der Waals surface area contributed by atoms with Gasteiger partial charge in [0.1, 0.15) is 11.5 Å². The number of nitrogens with zero attached hydrogens (tertiary/aromatic N) is 1. The second-order valence-corrected chi connectivity index (χ2v) is 17.5. The Labute approximate surface area is 349 Å². The molecule has 7 heteroatoms. The van der Waals surface area contributed by atoms with E-state index in [1.54, 1.807) is 12.1 Å². The standard InChI is InChI=1S/C51H58N2O4S/c1-7-9-11-14-36-17-19-37(20-18-36)31-57-50-32(3)28-39(29-33(50)4)53-43-25-26-45(47-46(43)48(54)41-15-12-13-16-42(41)49(47)55)58-40-23-21-38(22-24-40)44-30-34(5)51(35(6)52-44)56-27-10-8-2/h12-13,15-16,21-26,28-30,36-37,53H,7-11,14,17-20,27,31H2,1-6H3. The minimum atomic E-state index is -0.155. The van der Waals surface area contributed by atoms with Crippen LogP contribution in [0, 0.1) is 39.5 Å². The number of hydrogen-bond acceptors (Lipinski definition) is 7. The fourth-order valence-corrected chi connectivity index (χ4v) is 9.64. The number of aromatic nitrogens is 1. The van der Waals surface area contributed by atoms with Gasteiger partial charge in [-0.25, -0.2) is 4.98 Å². The average Bonchev–Trinajstić information content (AvgIpc) is 3.22. The van der Waals surface area contributed by atoms with Gasteiger partial charge in [0.05, 0.1) is 35.9 Å². The fraction of sp³-hybridized carbons (Fsp3) is 0.392. The zero-order valence-corrected chi connectivity index (χ0v) is 36.0. The molecular weight excluding hydrogens is 737 g/mol. The van der Waals surface area contributed by atoms with Crippen LogP contribution in [0.1, 0.15) is 132 Å². The SMILES string of the molecule is CCCCCC1CCC(COc2c(C)cc(Nc3ccc(Sc4ccc(-c5cc(C)c(OCCCC)c(C)n5)cc4)c4c3C(=O)c3ccccc3C4=O)cc2C)CC1. The largest absolute Gasteiger partial charge is 0.493 e. The van der Waals surface area contributed by atoms with Gasteiger partial charge in [0.15, 0.2) is 11.6 Å². The van der Waals surface area contributed by atoms with Crippen LogP contribution in [0.3, 0.4) is 0 Å². The van der Waals surface area contributed by atoms with Crippen molar-refractivity contribution in [1.82, 2.24) is 4.98 Å². The van der Waals surface area contributed by atoms with Crippen molar-refractivity contribution in [3.8, 4) is 22.8 Å². The van der Waals surface area contributed by atoms with Crippen molar-refractivity contribution >= 4 is 34.7 Å². The first-order valence-electron chi connectivity index (χ1n) is 21.4. The number of rotatable bonds is 16. The molecule has 2 aliphatic carbocycles. The highest BCUT2D eigenvalue weighted by Gasteiger charge is 2.34. The summed E-state index contributed by atoms with van der Waals surface area (Å²) < 4.78 is 12.5. The molecule has 1 saturated carbocycles. The molecule has 0 unspecified atom stereocenters. The fourth-order valence-electron chi connectivity index (χ4n) is 8.68. The van der Waals surface area contributed by atoms with Crippen LogP contribution in [0.25, 0.3) is 11.3 Å². The molecule has 58 heavy (non-hydrogen) atoms. The van der Waals surface area contributed by atoms with Crippen LogP contribution in [0.4, 0.5) is 11.4 Å². The van der Waals surface area contributed by atoms with E-state index in [-0.39, 0.29) is 11.6 Å². The van der Waals surface area contributed by atoms with E-state index in [0.717, 1.165) is 86.0 Å². The maximum absolute atomic E-state index is 14.3. The topological polar surface area (TPSA) is 77.5 Å². The van der Waals surface area contributed by atoms with Crippen LogP contribution in [-0.2, 0) is 0 Å². The van der Waals surface area contributed by atoms with E-state index >= 15 is 0 Å². The number of nitrogens with one attached hydrogen (secondary N) is 1. The van der Waals surface area contributed by atoms with Crippen molar-refractivity contribution in [2.75, 3.05) is 18.5 Å². The number of aryl methyl sites for hydroxylation is 4. The Morgan fingerprint density at radius 3 is 1.98 bits per heavy atom. The van der Waals surface area contributed by atoms with Gasteiger partial charge in [0.2, 0.25) is 0 Å². The van der Waals surface area contributed by atoms with E-state index in [0.29, 0.717) is 40.5 Å². The summed E-state index contributed by atoms with van der Waals surface area (Å²) in [6.45, 7) is 14.1. The number of unbranched alkanes of at least 4 members (excludes halogenated alkanes) is 3. The maximum atomic E-state index is 14.3. The van der Waals surface area contributed by atoms with Crippen molar-refractivity contribution in [2.24, 2.45) is 11.8 Å². The molecule has 1 N–H and O–H groups in total. The number of ether oxygens (including phenoxy) is 2. The summed E-state index contributed by atoms with van der Waals surface area (Å²) in [6, 6.07) is 25.5. The van der Waals surface area contributed by atoms with Gasteiger partial charge in [-0.05, 0) is 118 Å². The Morgan fingerprint density at radius 2 is 1.33 bits per heavy atom.